The smallest absolute Gasteiger partial charge is 0.208 e. The molecule has 0 aliphatic carbocycles. The van der Waals surface area contributed by atoms with Crippen LogP contribution in [0.4, 0.5) is 11.5 Å². The summed E-state index contributed by atoms with van der Waals surface area (Å²) in [4.78, 5) is 7.77. The molecule has 2 aromatic rings. The van der Waals surface area contributed by atoms with E-state index < -0.39 is 24.6 Å². The van der Waals surface area contributed by atoms with E-state index in [1.807, 2.05) is 6.07 Å². The number of rotatable bonds is 8. The molecule has 0 aliphatic heterocycles. The van der Waals surface area contributed by atoms with E-state index in [0.717, 1.165) is 6.26 Å². The molecule has 0 unspecified atom stereocenters. The Morgan fingerprint density at radius 1 is 1.14 bits per heavy atom. The first-order valence-corrected chi connectivity index (χ1v) is 11.6. The van der Waals surface area contributed by atoms with E-state index in [1.165, 1.54) is 26.4 Å². The lowest BCUT2D eigenvalue weighted by atomic mass is 10.1. The van der Waals surface area contributed by atoms with Crippen molar-refractivity contribution in [3.05, 3.63) is 42.4 Å². The number of nitrogens with one attached hydrogen (secondary N) is 2. The minimum Gasteiger partial charge on any atom is -0.339 e. The monoisotopic (exact) mass is 423 g/mol. The fourth-order valence-corrected chi connectivity index (χ4v) is 4.34. The molecule has 2 N–H and O–H groups in total. The highest BCUT2D eigenvalue weighted by molar-refractivity contribution is 7.93. The summed E-state index contributed by atoms with van der Waals surface area (Å²) in [6.07, 6.45) is 3.51. The number of hydrogen-bond acceptors (Lipinski definition) is 8. The molecule has 9 nitrogen and oxygen atoms in total. The van der Waals surface area contributed by atoms with Crippen LogP contribution in [-0.4, -0.2) is 44.4 Å². The average Bonchev–Trinajstić information content (AvgIpc) is 2.61. The van der Waals surface area contributed by atoms with Crippen LogP contribution >= 0.6 is 0 Å². The number of sulfonamides is 1. The van der Waals surface area contributed by atoms with Gasteiger partial charge in [-0.1, -0.05) is 0 Å². The first kappa shape index (κ1) is 21.7. The van der Waals surface area contributed by atoms with Gasteiger partial charge in [-0.3, -0.25) is 0 Å². The van der Waals surface area contributed by atoms with Gasteiger partial charge in [-0.25, -0.2) is 31.5 Å². The Bertz CT molecular complexity index is 1090. The first-order chi connectivity index (χ1) is 13.0. The molecule has 28 heavy (non-hydrogen) atoms. The molecule has 0 bridgehead atoms. The van der Waals surface area contributed by atoms with E-state index in [4.69, 9.17) is 5.26 Å². The molecule has 0 radical (unpaired) electrons. The van der Waals surface area contributed by atoms with Gasteiger partial charge in [-0.2, -0.15) is 5.26 Å². The molecular formula is C17H21N5O4S2. The van der Waals surface area contributed by atoms with Gasteiger partial charge in [0.2, 0.25) is 10.0 Å². The van der Waals surface area contributed by atoms with Crippen molar-refractivity contribution in [3.8, 4) is 6.07 Å². The zero-order valence-electron chi connectivity index (χ0n) is 15.7. The number of anilines is 2. The Morgan fingerprint density at radius 3 is 2.36 bits per heavy atom. The molecule has 0 atom stereocenters. The standard InChI is InChI=1S/C17H21N5O4S2/c1-17(2,8-9-21-27(3,23)24)28(25,26)15-11-19-12-20-16(15)22-14-6-4-13(10-18)5-7-14/h4-7,11-12,21H,8-9H2,1-3H3,(H,19,20,22). The maximum absolute atomic E-state index is 13.2. The minimum absolute atomic E-state index is 0.0167. The quantitative estimate of drug-likeness (QED) is 0.652. The SMILES string of the molecule is CC(C)(CCNS(C)(=O)=O)S(=O)(=O)c1cncnc1Nc1ccc(C#N)cc1. The molecule has 0 fully saturated rings. The van der Waals surface area contributed by atoms with Crippen molar-refractivity contribution in [2.75, 3.05) is 18.1 Å². The summed E-state index contributed by atoms with van der Waals surface area (Å²) >= 11 is 0. The van der Waals surface area contributed by atoms with Crippen LogP contribution < -0.4 is 10.0 Å². The number of aromatic nitrogens is 2. The van der Waals surface area contributed by atoms with Crippen LogP contribution in [0, 0.1) is 11.3 Å². The Morgan fingerprint density at radius 2 is 1.79 bits per heavy atom. The van der Waals surface area contributed by atoms with Crippen molar-refractivity contribution in [3.63, 3.8) is 0 Å². The van der Waals surface area contributed by atoms with Crippen molar-refractivity contribution in [2.24, 2.45) is 0 Å². The fourth-order valence-electron chi connectivity index (χ4n) is 2.34. The van der Waals surface area contributed by atoms with Gasteiger partial charge in [-0.05, 0) is 44.5 Å². The Labute approximate surface area is 164 Å². The van der Waals surface area contributed by atoms with Crippen LogP contribution in [0.15, 0.2) is 41.7 Å². The van der Waals surface area contributed by atoms with Crippen LogP contribution in [-0.2, 0) is 19.9 Å². The summed E-state index contributed by atoms with van der Waals surface area (Å²) in [6.45, 7) is 3.02. The zero-order valence-corrected chi connectivity index (χ0v) is 17.3. The van der Waals surface area contributed by atoms with Crippen LogP contribution in [0.1, 0.15) is 25.8 Å². The predicted octanol–water partition coefficient (Wildman–Crippen LogP) is 1.58. The molecule has 0 aliphatic rings. The maximum Gasteiger partial charge on any atom is 0.208 e. The summed E-state index contributed by atoms with van der Waals surface area (Å²) in [5.41, 5.74) is 1.03. The molecule has 0 saturated carbocycles. The van der Waals surface area contributed by atoms with Crippen molar-refractivity contribution < 1.29 is 16.8 Å². The van der Waals surface area contributed by atoms with Gasteiger partial charge in [0, 0.05) is 12.2 Å². The molecule has 2 rings (SSSR count). The molecule has 1 heterocycles. The van der Waals surface area contributed by atoms with Gasteiger partial charge in [0.1, 0.15) is 11.2 Å². The third-order valence-electron chi connectivity index (χ3n) is 4.06. The van der Waals surface area contributed by atoms with Gasteiger partial charge < -0.3 is 5.32 Å². The Kier molecular flexibility index (Phi) is 6.38. The van der Waals surface area contributed by atoms with Crippen molar-refractivity contribution >= 4 is 31.4 Å². The number of benzene rings is 1. The van der Waals surface area contributed by atoms with Gasteiger partial charge in [0.05, 0.1) is 28.8 Å². The number of nitriles is 1. The van der Waals surface area contributed by atoms with E-state index in [0.29, 0.717) is 11.3 Å². The summed E-state index contributed by atoms with van der Waals surface area (Å²) in [7, 11) is -7.31. The third-order valence-corrected chi connectivity index (χ3v) is 7.33. The van der Waals surface area contributed by atoms with E-state index in [2.05, 4.69) is 20.0 Å². The molecule has 11 heteroatoms. The van der Waals surface area contributed by atoms with E-state index in [1.54, 1.807) is 24.3 Å². The van der Waals surface area contributed by atoms with Crippen molar-refractivity contribution in [1.29, 1.82) is 5.26 Å². The summed E-state index contributed by atoms with van der Waals surface area (Å²) in [6, 6.07) is 8.47. The highest BCUT2D eigenvalue weighted by Gasteiger charge is 2.37. The van der Waals surface area contributed by atoms with Crippen LogP contribution in [0.3, 0.4) is 0 Å². The second-order valence-electron chi connectivity index (χ2n) is 6.73. The zero-order chi connectivity index (χ0) is 21.0. The highest BCUT2D eigenvalue weighted by atomic mass is 32.2. The van der Waals surface area contributed by atoms with Gasteiger partial charge in [-0.15, -0.1) is 0 Å². The average molecular weight is 424 g/mol. The Balaban J connectivity index is 2.31. The summed E-state index contributed by atoms with van der Waals surface area (Å²) < 4.78 is 49.9. The second kappa shape index (κ2) is 8.22. The minimum atomic E-state index is -3.89. The molecule has 0 spiro atoms. The molecule has 1 aromatic carbocycles. The van der Waals surface area contributed by atoms with Gasteiger partial charge in [0.15, 0.2) is 15.7 Å². The number of hydrogen-bond donors (Lipinski definition) is 2. The lowest BCUT2D eigenvalue weighted by Crippen LogP contribution is -2.37. The first-order valence-electron chi connectivity index (χ1n) is 8.23. The summed E-state index contributed by atoms with van der Waals surface area (Å²) in [5.74, 6) is 0.101. The third kappa shape index (κ3) is 5.25. The van der Waals surface area contributed by atoms with E-state index >= 15 is 0 Å². The van der Waals surface area contributed by atoms with Gasteiger partial charge >= 0.3 is 0 Å². The van der Waals surface area contributed by atoms with E-state index in [9.17, 15) is 16.8 Å². The normalized spacial score (nSPS) is 12.4. The highest BCUT2D eigenvalue weighted by Crippen LogP contribution is 2.32. The lowest BCUT2D eigenvalue weighted by molar-refractivity contribution is 0.520. The molecule has 1 aromatic heterocycles. The second-order valence-corrected chi connectivity index (χ2v) is 11.1. The van der Waals surface area contributed by atoms with Crippen molar-refractivity contribution in [1.82, 2.24) is 14.7 Å². The predicted molar refractivity (Wildman–Crippen MR) is 105 cm³/mol. The van der Waals surface area contributed by atoms with Crippen LogP contribution in [0.2, 0.25) is 0 Å². The maximum atomic E-state index is 13.2. The Hall–Kier alpha value is -2.55. The van der Waals surface area contributed by atoms with Crippen LogP contribution in [0.5, 0.6) is 0 Å². The molecule has 150 valence electrons. The number of sulfone groups is 1. The largest absolute Gasteiger partial charge is 0.339 e. The molecule has 0 amide bonds. The number of nitrogens with zero attached hydrogens (tertiary/aromatic N) is 3. The molecular weight excluding hydrogens is 402 g/mol. The van der Waals surface area contributed by atoms with Crippen LogP contribution in [0.25, 0.3) is 0 Å². The fraction of sp³-hybridized carbons (Fsp3) is 0.353. The lowest BCUT2D eigenvalue weighted by Gasteiger charge is -2.25. The molecule has 0 saturated heterocycles. The van der Waals surface area contributed by atoms with Gasteiger partial charge in [0.25, 0.3) is 0 Å². The summed E-state index contributed by atoms with van der Waals surface area (Å²) in [5, 5.41) is 11.8. The van der Waals surface area contributed by atoms with E-state index in [-0.39, 0.29) is 23.7 Å². The topological polar surface area (TPSA) is 142 Å². The van der Waals surface area contributed by atoms with Crippen molar-refractivity contribution in [2.45, 2.75) is 29.9 Å².